The maximum Gasteiger partial charge on any atom is 3.00 e. The Labute approximate surface area is 163 Å². The molecule has 3 aromatic carbocycles. The van der Waals surface area contributed by atoms with Crippen LogP contribution in [-0.4, -0.2) is 0 Å². The third kappa shape index (κ3) is 4.10. The fraction of sp³-hybridized carbons (Fsp3) is 0.0625. The molecule has 0 saturated carbocycles. The first kappa shape index (κ1) is 19.2. The fourth-order valence-corrected chi connectivity index (χ4v) is 2.25. The molecule has 0 nitrogen and oxygen atoms in total. The summed E-state index contributed by atoms with van der Waals surface area (Å²) in [5.74, 6) is 0. The predicted octanol–water partition coefficient (Wildman–Crippen LogP) is -1.46. The van der Waals surface area contributed by atoms with Gasteiger partial charge in [-0.3, -0.25) is 0 Å². The van der Waals surface area contributed by atoms with E-state index in [-0.39, 0.29) is 69.7 Å². The number of hydrogen-bond donors (Lipinski definition) is 0. The first-order valence-electron chi connectivity index (χ1n) is 5.56. The molecule has 0 aliphatic carbocycles. The van der Waals surface area contributed by atoms with Gasteiger partial charge in [-0.05, 0) is 5.56 Å². The van der Waals surface area contributed by atoms with Crippen molar-refractivity contribution in [1.29, 1.82) is 0 Å². The van der Waals surface area contributed by atoms with E-state index >= 15 is 0 Å². The van der Waals surface area contributed by atoms with Gasteiger partial charge in [0.05, 0.1) is 0 Å². The van der Waals surface area contributed by atoms with Crippen LogP contribution >= 0.6 is 0 Å². The Bertz CT molecular complexity index is 630. The molecule has 0 saturated heterocycles. The van der Waals surface area contributed by atoms with Gasteiger partial charge < -0.3 is 48.0 Å². The van der Waals surface area contributed by atoms with Gasteiger partial charge in [0, 0.05) is 0 Å². The van der Waals surface area contributed by atoms with Gasteiger partial charge in [0.15, 0.2) is 0 Å². The molecule has 1 radical (unpaired) electrons. The molecule has 0 aromatic heterocycles. The van der Waals surface area contributed by atoms with Gasteiger partial charge >= 0.3 is 21.7 Å². The summed E-state index contributed by atoms with van der Waals surface area (Å²) >= 11 is 0. The summed E-state index contributed by atoms with van der Waals surface area (Å²) in [5, 5.41) is 2.69. The second-order valence-corrected chi connectivity index (χ2v) is 4.21. The minimum absolute atomic E-state index is 0. The number of halogens is 2. The van der Waals surface area contributed by atoms with Gasteiger partial charge in [0.25, 0.3) is 0 Å². The molecule has 3 heteroatoms. The van der Waals surface area contributed by atoms with E-state index in [0.29, 0.717) is 0 Å². The minimum atomic E-state index is 0. The van der Waals surface area contributed by atoms with Gasteiger partial charge in [0.1, 0.15) is 0 Å². The van der Waals surface area contributed by atoms with Crippen LogP contribution in [0.1, 0.15) is 5.56 Å². The molecule has 19 heavy (non-hydrogen) atoms. The van der Waals surface area contributed by atoms with Crippen LogP contribution in [0.15, 0.2) is 60.7 Å². The van der Waals surface area contributed by atoms with Crippen LogP contribution in [0.4, 0.5) is 0 Å². The Morgan fingerprint density at radius 3 is 2.21 bits per heavy atom. The van der Waals surface area contributed by atoms with Crippen LogP contribution in [0.2, 0.25) is 0 Å². The fourth-order valence-electron chi connectivity index (χ4n) is 2.25. The van der Waals surface area contributed by atoms with Gasteiger partial charge in [-0.2, -0.15) is 6.07 Å². The van der Waals surface area contributed by atoms with Gasteiger partial charge in [-0.25, -0.2) is 0 Å². The molecule has 0 spiro atoms. The summed E-state index contributed by atoms with van der Waals surface area (Å²) in [5.41, 5.74) is 3.95. The predicted molar refractivity (Wildman–Crippen MR) is 69.7 cm³/mol. The molecular formula is C16H13I2Ti. The molecule has 95 valence electrons. The van der Waals surface area contributed by atoms with E-state index in [0.717, 1.165) is 0 Å². The summed E-state index contributed by atoms with van der Waals surface area (Å²) in [4.78, 5) is 0. The summed E-state index contributed by atoms with van der Waals surface area (Å²) in [6, 6.07) is 21.6. The number of fused-ring (bicyclic) bond motifs is 1. The van der Waals surface area contributed by atoms with Crippen LogP contribution < -0.4 is 48.0 Å². The Kier molecular flexibility index (Phi) is 8.60. The normalized spacial score (nSPS) is 9.11. The van der Waals surface area contributed by atoms with E-state index in [1.165, 1.54) is 27.5 Å². The maximum atomic E-state index is 2.26. The van der Waals surface area contributed by atoms with Crippen LogP contribution in [0.3, 0.4) is 0 Å². The quantitative estimate of drug-likeness (QED) is 0.215. The third-order valence-corrected chi connectivity index (χ3v) is 2.98. The van der Waals surface area contributed by atoms with Crippen molar-refractivity contribution >= 4 is 10.8 Å². The maximum absolute atomic E-state index is 2.26. The molecule has 3 rings (SSSR count). The molecule has 0 heterocycles. The van der Waals surface area contributed by atoms with E-state index in [1.807, 2.05) is 0 Å². The topological polar surface area (TPSA) is 0 Å². The molecule has 0 amide bonds. The van der Waals surface area contributed by atoms with E-state index in [2.05, 4.69) is 67.6 Å². The third-order valence-electron chi connectivity index (χ3n) is 2.98. The first-order chi connectivity index (χ1) is 7.84. The monoisotopic (exact) mass is 507 g/mol. The molecule has 0 unspecified atom stereocenters. The van der Waals surface area contributed by atoms with Crippen molar-refractivity contribution in [3.63, 3.8) is 0 Å². The van der Waals surface area contributed by atoms with Gasteiger partial charge in [-0.1, -0.05) is 48.9 Å². The number of benzene rings is 2. The summed E-state index contributed by atoms with van der Waals surface area (Å²) in [7, 11) is 0. The van der Waals surface area contributed by atoms with Crippen LogP contribution in [0.5, 0.6) is 0 Å². The molecule has 0 atom stereocenters. The Hall–Kier alpha value is 0.224. The SMILES string of the molecule is Cc1cc2c(-c3ccccc3)cccc2[cH-]1.[I-].[I-].[Ti+3]. The van der Waals surface area contributed by atoms with Gasteiger partial charge in [0.2, 0.25) is 0 Å². The molecule has 0 aliphatic heterocycles. The standard InChI is InChI=1S/C16H13.2HI.Ti/c1-12-10-14-8-5-9-15(16(14)11-12)13-6-3-2-4-7-13;;;/h2-11H,1H3;2*1H;/q-1;;;+3/p-2. The number of aryl methyl sites for hydroxylation is 1. The van der Waals surface area contributed by atoms with Crippen molar-refractivity contribution in [2.24, 2.45) is 0 Å². The van der Waals surface area contributed by atoms with Crippen LogP contribution in [0.25, 0.3) is 21.9 Å². The zero-order valence-corrected chi connectivity index (χ0v) is 16.4. The molecule has 0 bridgehead atoms. The van der Waals surface area contributed by atoms with Crippen molar-refractivity contribution in [2.75, 3.05) is 0 Å². The smallest absolute Gasteiger partial charge is 1.00 e. The second kappa shape index (κ2) is 8.50. The van der Waals surface area contributed by atoms with E-state index < -0.39 is 0 Å². The largest absolute Gasteiger partial charge is 3.00 e. The number of hydrogen-bond acceptors (Lipinski definition) is 0. The van der Waals surface area contributed by atoms with Crippen LogP contribution in [-0.2, 0) is 21.7 Å². The average Bonchev–Trinajstić information content (AvgIpc) is 2.70. The molecular weight excluding hydrogens is 494 g/mol. The number of rotatable bonds is 1. The second-order valence-electron chi connectivity index (χ2n) is 4.21. The van der Waals surface area contributed by atoms with Crippen molar-refractivity contribution in [3.05, 3.63) is 66.2 Å². The molecule has 0 aliphatic rings. The Morgan fingerprint density at radius 2 is 1.53 bits per heavy atom. The molecule has 0 N–H and O–H groups in total. The first-order valence-corrected chi connectivity index (χ1v) is 5.56. The van der Waals surface area contributed by atoms with Crippen molar-refractivity contribution in [1.82, 2.24) is 0 Å². The minimum Gasteiger partial charge on any atom is -1.00 e. The van der Waals surface area contributed by atoms with E-state index in [1.54, 1.807) is 0 Å². The van der Waals surface area contributed by atoms with Crippen LogP contribution in [0, 0.1) is 6.92 Å². The van der Waals surface area contributed by atoms with Crippen molar-refractivity contribution in [3.8, 4) is 11.1 Å². The average molecular weight is 507 g/mol. The molecule has 3 aromatic rings. The summed E-state index contributed by atoms with van der Waals surface area (Å²) in [6.07, 6.45) is 0. The Morgan fingerprint density at radius 1 is 0.842 bits per heavy atom. The zero-order valence-electron chi connectivity index (χ0n) is 10.5. The summed E-state index contributed by atoms with van der Waals surface area (Å²) in [6.45, 7) is 2.15. The van der Waals surface area contributed by atoms with Gasteiger partial charge in [-0.15, -0.1) is 34.5 Å². The Balaban J connectivity index is 0.00000108. The van der Waals surface area contributed by atoms with E-state index in [9.17, 15) is 0 Å². The van der Waals surface area contributed by atoms with E-state index in [4.69, 9.17) is 0 Å². The molecule has 0 fully saturated rings. The van der Waals surface area contributed by atoms with Crippen molar-refractivity contribution < 1.29 is 69.7 Å². The zero-order chi connectivity index (χ0) is 11.0. The summed E-state index contributed by atoms with van der Waals surface area (Å²) < 4.78 is 0. The van der Waals surface area contributed by atoms with Crippen molar-refractivity contribution in [2.45, 2.75) is 6.92 Å².